The van der Waals surface area contributed by atoms with Crippen LogP contribution < -0.4 is 4.74 Å². The first-order valence-corrected chi connectivity index (χ1v) is 4.86. The first-order chi connectivity index (χ1) is 7.24. The topological polar surface area (TPSA) is 27.1 Å². The molecule has 15 heavy (non-hydrogen) atoms. The molecule has 0 aliphatic heterocycles. The Hall–Kier alpha value is -1.77. The van der Waals surface area contributed by atoms with Gasteiger partial charge in [-0.15, -0.1) is 0 Å². The number of nitrogens with zero attached hydrogens (tertiary/aromatic N) is 2. The van der Waals surface area contributed by atoms with Crippen LogP contribution in [0.3, 0.4) is 0 Å². The van der Waals surface area contributed by atoms with Gasteiger partial charge in [0.1, 0.15) is 5.82 Å². The number of methoxy groups -OCH3 is 1. The van der Waals surface area contributed by atoms with E-state index in [1.165, 1.54) is 0 Å². The van der Waals surface area contributed by atoms with E-state index in [1.807, 2.05) is 48.9 Å². The summed E-state index contributed by atoms with van der Waals surface area (Å²) in [7, 11) is 3.64. The number of aromatic nitrogens is 2. The summed E-state index contributed by atoms with van der Waals surface area (Å²) in [5.74, 6) is 1.63. The minimum atomic E-state index is 0.691. The normalized spacial score (nSPS) is 10.3. The Balaban J connectivity index is 2.55. The van der Waals surface area contributed by atoms with Crippen molar-refractivity contribution in [1.29, 1.82) is 0 Å². The second-order valence-corrected chi connectivity index (χ2v) is 3.46. The fraction of sp³-hybridized carbons (Fsp3) is 0.250. The summed E-state index contributed by atoms with van der Waals surface area (Å²) >= 11 is 0. The second kappa shape index (κ2) is 3.77. The summed E-state index contributed by atoms with van der Waals surface area (Å²) in [6.45, 7) is 2.00. The van der Waals surface area contributed by atoms with Gasteiger partial charge in [-0.3, -0.25) is 0 Å². The summed E-state index contributed by atoms with van der Waals surface area (Å²) in [6.07, 6.45) is 0. The largest absolute Gasteiger partial charge is 0.480 e. The summed E-state index contributed by atoms with van der Waals surface area (Å²) in [5.41, 5.74) is 2.14. The molecular weight excluding hydrogens is 188 g/mol. The van der Waals surface area contributed by atoms with E-state index in [1.54, 1.807) is 7.11 Å². The van der Waals surface area contributed by atoms with Crippen LogP contribution in [0.4, 0.5) is 0 Å². The van der Waals surface area contributed by atoms with Crippen LogP contribution in [0.1, 0.15) is 5.69 Å². The lowest BCUT2D eigenvalue weighted by Crippen LogP contribution is -1.94. The number of hydrogen-bond acceptors (Lipinski definition) is 2. The van der Waals surface area contributed by atoms with Crippen LogP contribution in [0.5, 0.6) is 5.88 Å². The average Bonchev–Trinajstić information content (AvgIpc) is 2.57. The first kappa shape index (κ1) is 9.77. The zero-order chi connectivity index (χ0) is 10.8. The number of imidazole rings is 1. The molecule has 0 aliphatic carbocycles. The van der Waals surface area contributed by atoms with Crippen molar-refractivity contribution in [3.05, 3.63) is 36.0 Å². The smallest absolute Gasteiger partial charge is 0.235 e. The Morgan fingerprint density at radius 1 is 1.20 bits per heavy atom. The van der Waals surface area contributed by atoms with Gasteiger partial charge in [0, 0.05) is 12.6 Å². The number of rotatable bonds is 2. The van der Waals surface area contributed by atoms with E-state index in [0.717, 1.165) is 17.1 Å². The van der Waals surface area contributed by atoms with Crippen LogP contribution in [-0.4, -0.2) is 16.7 Å². The van der Waals surface area contributed by atoms with Gasteiger partial charge in [-0.05, 0) is 6.92 Å². The molecule has 78 valence electrons. The Kier molecular flexibility index (Phi) is 2.46. The molecule has 0 saturated heterocycles. The monoisotopic (exact) mass is 202 g/mol. The Morgan fingerprint density at radius 2 is 1.87 bits per heavy atom. The number of benzene rings is 1. The molecule has 0 bridgehead atoms. The summed E-state index contributed by atoms with van der Waals surface area (Å²) < 4.78 is 7.23. The standard InChI is InChI=1S/C12H14N2O/c1-9-12(15-3)13-11(14(9)2)10-7-5-4-6-8-10/h4-8H,1-3H3. The molecule has 0 fully saturated rings. The van der Waals surface area contributed by atoms with E-state index in [9.17, 15) is 0 Å². The van der Waals surface area contributed by atoms with Crippen LogP contribution in [0.25, 0.3) is 11.4 Å². The van der Waals surface area contributed by atoms with Gasteiger partial charge in [0.2, 0.25) is 5.88 Å². The maximum absolute atomic E-state index is 5.20. The van der Waals surface area contributed by atoms with Crippen molar-refractivity contribution in [2.75, 3.05) is 7.11 Å². The third-order valence-corrected chi connectivity index (χ3v) is 2.56. The van der Waals surface area contributed by atoms with Crippen molar-refractivity contribution >= 4 is 0 Å². The Labute approximate surface area is 89.3 Å². The lowest BCUT2D eigenvalue weighted by Gasteiger charge is -2.01. The maximum Gasteiger partial charge on any atom is 0.235 e. The summed E-state index contributed by atoms with van der Waals surface area (Å²) in [6, 6.07) is 10.1. The molecule has 0 N–H and O–H groups in total. The SMILES string of the molecule is COc1nc(-c2ccccc2)n(C)c1C. The highest BCUT2D eigenvalue weighted by Gasteiger charge is 2.12. The lowest BCUT2D eigenvalue weighted by atomic mass is 10.2. The van der Waals surface area contributed by atoms with E-state index < -0.39 is 0 Å². The molecule has 2 aromatic rings. The molecule has 2 rings (SSSR count). The minimum absolute atomic E-state index is 0.691. The molecule has 0 radical (unpaired) electrons. The molecule has 0 spiro atoms. The zero-order valence-corrected chi connectivity index (χ0v) is 9.19. The highest BCUT2D eigenvalue weighted by atomic mass is 16.5. The second-order valence-electron chi connectivity index (χ2n) is 3.46. The van der Waals surface area contributed by atoms with Crippen molar-refractivity contribution in [1.82, 2.24) is 9.55 Å². The van der Waals surface area contributed by atoms with Crippen LogP contribution >= 0.6 is 0 Å². The van der Waals surface area contributed by atoms with Gasteiger partial charge >= 0.3 is 0 Å². The van der Waals surface area contributed by atoms with Crippen molar-refractivity contribution < 1.29 is 4.74 Å². The van der Waals surface area contributed by atoms with Crippen LogP contribution in [0, 0.1) is 6.92 Å². The van der Waals surface area contributed by atoms with Gasteiger partial charge in [0.25, 0.3) is 0 Å². The van der Waals surface area contributed by atoms with Crippen LogP contribution in [0.15, 0.2) is 30.3 Å². The molecule has 3 heteroatoms. The molecule has 0 saturated carbocycles. The molecule has 1 heterocycles. The molecule has 0 aliphatic rings. The summed E-state index contributed by atoms with van der Waals surface area (Å²) in [4.78, 5) is 4.44. The van der Waals surface area contributed by atoms with Crippen LogP contribution in [0.2, 0.25) is 0 Å². The molecule has 0 atom stereocenters. The maximum atomic E-state index is 5.20. The molecular formula is C12H14N2O. The first-order valence-electron chi connectivity index (χ1n) is 4.86. The molecule has 0 amide bonds. The van der Waals surface area contributed by atoms with Crippen LogP contribution in [-0.2, 0) is 7.05 Å². The summed E-state index contributed by atoms with van der Waals surface area (Å²) in [5, 5.41) is 0. The number of ether oxygens (including phenoxy) is 1. The van der Waals surface area contributed by atoms with Gasteiger partial charge in [-0.25, -0.2) is 0 Å². The quantitative estimate of drug-likeness (QED) is 0.747. The van der Waals surface area contributed by atoms with E-state index in [2.05, 4.69) is 4.98 Å². The van der Waals surface area contributed by atoms with E-state index in [4.69, 9.17) is 4.74 Å². The fourth-order valence-electron chi connectivity index (χ4n) is 1.59. The predicted octanol–water partition coefficient (Wildman–Crippen LogP) is 2.40. The fourth-order valence-corrected chi connectivity index (χ4v) is 1.59. The number of hydrogen-bond donors (Lipinski definition) is 0. The van der Waals surface area contributed by atoms with Gasteiger partial charge < -0.3 is 9.30 Å². The van der Waals surface area contributed by atoms with Gasteiger partial charge in [0.15, 0.2) is 0 Å². The van der Waals surface area contributed by atoms with Crippen molar-refractivity contribution in [2.24, 2.45) is 7.05 Å². The van der Waals surface area contributed by atoms with Crippen molar-refractivity contribution in [2.45, 2.75) is 6.92 Å². The lowest BCUT2D eigenvalue weighted by molar-refractivity contribution is 0.396. The van der Waals surface area contributed by atoms with Gasteiger partial charge in [-0.1, -0.05) is 30.3 Å². The average molecular weight is 202 g/mol. The van der Waals surface area contributed by atoms with E-state index in [0.29, 0.717) is 5.88 Å². The Morgan fingerprint density at radius 3 is 2.40 bits per heavy atom. The molecule has 1 aromatic carbocycles. The molecule has 3 nitrogen and oxygen atoms in total. The molecule has 1 aromatic heterocycles. The Bertz CT molecular complexity index is 460. The van der Waals surface area contributed by atoms with E-state index >= 15 is 0 Å². The third kappa shape index (κ3) is 1.61. The third-order valence-electron chi connectivity index (χ3n) is 2.56. The van der Waals surface area contributed by atoms with Gasteiger partial charge in [-0.2, -0.15) is 4.98 Å². The van der Waals surface area contributed by atoms with Crippen molar-refractivity contribution in [3.63, 3.8) is 0 Å². The highest BCUT2D eigenvalue weighted by Crippen LogP contribution is 2.24. The predicted molar refractivity (Wildman–Crippen MR) is 59.9 cm³/mol. The van der Waals surface area contributed by atoms with E-state index in [-0.39, 0.29) is 0 Å². The molecule has 0 unspecified atom stereocenters. The van der Waals surface area contributed by atoms with Gasteiger partial charge in [0.05, 0.1) is 12.8 Å². The minimum Gasteiger partial charge on any atom is -0.480 e. The zero-order valence-electron chi connectivity index (χ0n) is 9.19. The highest BCUT2D eigenvalue weighted by molar-refractivity contribution is 5.57. The van der Waals surface area contributed by atoms with Crippen molar-refractivity contribution in [3.8, 4) is 17.3 Å².